The molecule has 0 spiro atoms. The fraction of sp³-hybridized carbons (Fsp3) is 0.462. The van der Waals surface area contributed by atoms with Crippen LogP contribution in [0.2, 0.25) is 0 Å². The van der Waals surface area contributed by atoms with Crippen molar-refractivity contribution in [1.29, 1.82) is 0 Å². The zero-order valence-electron chi connectivity index (χ0n) is 21.3. The minimum atomic E-state index is -3.77. The lowest BCUT2D eigenvalue weighted by molar-refractivity contribution is -0.139. The normalized spacial score (nSPS) is 12.0. The molecule has 0 bridgehead atoms. The molecule has 1 N–H and O–H groups in total. The van der Waals surface area contributed by atoms with Gasteiger partial charge >= 0.3 is 0 Å². The van der Waals surface area contributed by atoms with Gasteiger partial charge in [-0.15, -0.1) is 0 Å². The van der Waals surface area contributed by atoms with E-state index in [9.17, 15) is 18.0 Å². The number of aryl methyl sites for hydroxylation is 1. The number of nitrogens with one attached hydrogen (secondary N) is 1. The molecule has 0 aliphatic carbocycles. The highest BCUT2D eigenvalue weighted by Gasteiger charge is 2.30. The van der Waals surface area contributed by atoms with Crippen molar-refractivity contribution in [3.63, 3.8) is 0 Å². The molecule has 0 aliphatic heterocycles. The second-order valence-corrected chi connectivity index (χ2v) is 10.4. The summed E-state index contributed by atoms with van der Waals surface area (Å²) in [5.74, 6) is -0.136. The summed E-state index contributed by atoms with van der Waals surface area (Å²) < 4.78 is 31.7. The van der Waals surface area contributed by atoms with Crippen LogP contribution in [0.15, 0.2) is 48.5 Å². The number of unbranched alkanes of at least 4 members (excludes halogenated alkanes) is 1. The number of sulfonamides is 1. The van der Waals surface area contributed by atoms with Crippen molar-refractivity contribution in [3.05, 3.63) is 59.7 Å². The summed E-state index contributed by atoms with van der Waals surface area (Å²) in [5.41, 5.74) is 2.28. The SMILES string of the molecule is CCCCNC(=O)[C@@H](C)N(Cc1ccc(C)cc1)C(=O)CN(c1ccc(OCC)cc1)S(C)(=O)=O. The number of hydrogen-bond acceptors (Lipinski definition) is 5. The van der Waals surface area contributed by atoms with E-state index in [1.807, 2.05) is 45.0 Å². The van der Waals surface area contributed by atoms with E-state index in [0.29, 0.717) is 24.6 Å². The van der Waals surface area contributed by atoms with E-state index < -0.39 is 28.5 Å². The first-order valence-electron chi connectivity index (χ1n) is 11.9. The van der Waals surface area contributed by atoms with E-state index in [-0.39, 0.29) is 12.5 Å². The van der Waals surface area contributed by atoms with E-state index in [0.717, 1.165) is 34.5 Å². The van der Waals surface area contributed by atoms with Crippen LogP contribution in [0.5, 0.6) is 5.75 Å². The molecule has 35 heavy (non-hydrogen) atoms. The molecule has 0 aliphatic rings. The summed E-state index contributed by atoms with van der Waals surface area (Å²) in [6.45, 7) is 8.29. The lowest BCUT2D eigenvalue weighted by atomic mass is 10.1. The van der Waals surface area contributed by atoms with Crippen molar-refractivity contribution in [1.82, 2.24) is 10.2 Å². The van der Waals surface area contributed by atoms with Crippen molar-refractivity contribution in [2.24, 2.45) is 0 Å². The Morgan fingerprint density at radius 1 is 1.03 bits per heavy atom. The van der Waals surface area contributed by atoms with E-state index in [4.69, 9.17) is 4.74 Å². The first-order chi connectivity index (χ1) is 16.6. The van der Waals surface area contributed by atoms with Gasteiger partial charge in [0.2, 0.25) is 21.8 Å². The standard InChI is InChI=1S/C26H37N3O5S/c1-6-8-17-27-26(31)21(4)28(18-22-11-9-20(3)10-12-22)25(30)19-29(35(5,32)33)23-13-15-24(16-14-23)34-7-2/h9-16,21H,6-8,17-19H2,1-5H3,(H,27,31)/t21-/m1/s1. The highest BCUT2D eigenvalue weighted by atomic mass is 32.2. The zero-order chi connectivity index (χ0) is 26.0. The largest absolute Gasteiger partial charge is 0.494 e. The maximum Gasteiger partial charge on any atom is 0.244 e. The molecule has 2 aromatic rings. The second kappa shape index (κ2) is 13.1. The summed E-state index contributed by atoms with van der Waals surface area (Å²) in [6.07, 6.45) is 2.83. The maximum absolute atomic E-state index is 13.5. The first-order valence-corrected chi connectivity index (χ1v) is 13.7. The van der Waals surface area contributed by atoms with Crippen LogP contribution in [-0.2, 0) is 26.2 Å². The first kappa shape index (κ1) is 28.2. The Kier molecular flexibility index (Phi) is 10.6. The Labute approximate surface area is 209 Å². The van der Waals surface area contributed by atoms with Crippen LogP contribution < -0.4 is 14.4 Å². The fourth-order valence-corrected chi connectivity index (χ4v) is 4.35. The Morgan fingerprint density at radius 3 is 2.20 bits per heavy atom. The van der Waals surface area contributed by atoms with E-state index in [1.165, 1.54) is 4.90 Å². The number of carbonyl (C=O) groups excluding carboxylic acids is 2. The van der Waals surface area contributed by atoms with Crippen LogP contribution in [0.3, 0.4) is 0 Å². The van der Waals surface area contributed by atoms with E-state index in [2.05, 4.69) is 5.32 Å². The monoisotopic (exact) mass is 503 g/mol. The van der Waals surface area contributed by atoms with Crippen LogP contribution in [0.25, 0.3) is 0 Å². The van der Waals surface area contributed by atoms with Crippen LogP contribution in [0, 0.1) is 6.92 Å². The number of carbonyl (C=O) groups is 2. The van der Waals surface area contributed by atoms with Gasteiger partial charge in [-0.25, -0.2) is 8.42 Å². The number of hydrogen-bond donors (Lipinski definition) is 1. The van der Waals surface area contributed by atoms with Crippen LogP contribution >= 0.6 is 0 Å². The molecule has 2 aromatic carbocycles. The summed E-state index contributed by atoms with van der Waals surface area (Å²) in [6, 6.07) is 13.4. The molecule has 8 nitrogen and oxygen atoms in total. The zero-order valence-corrected chi connectivity index (χ0v) is 22.1. The van der Waals surface area contributed by atoms with Gasteiger partial charge < -0.3 is 15.0 Å². The van der Waals surface area contributed by atoms with Gasteiger partial charge in [0, 0.05) is 13.1 Å². The molecule has 2 rings (SSSR count). The van der Waals surface area contributed by atoms with Gasteiger partial charge in [0.1, 0.15) is 18.3 Å². The average molecular weight is 504 g/mol. The topological polar surface area (TPSA) is 96.0 Å². The third-order valence-corrected chi connectivity index (χ3v) is 6.73. The molecular weight excluding hydrogens is 466 g/mol. The molecule has 9 heteroatoms. The molecule has 0 saturated heterocycles. The predicted octanol–water partition coefficient (Wildman–Crippen LogP) is 3.49. The number of amides is 2. The fourth-order valence-electron chi connectivity index (χ4n) is 3.50. The van der Waals surface area contributed by atoms with Gasteiger partial charge in [-0.05, 0) is 57.0 Å². The van der Waals surface area contributed by atoms with Gasteiger partial charge in [0.05, 0.1) is 18.6 Å². The van der Waals surface area contributed by atoms with E-state index >= 15 is 0 Å². The summed E-state index contributed by atoms with van der Waals surface area (Å²) in [5, 5.41) is 2.87. The maximum atomic E-state index is 13.5. The molecule has 0 unspecified atom stereocenters. The minimum Gasteiger partial charge on any atom is -0.494 e. The quantitative estimate of drug-likeness (QED) is 0.422. The molecular formula is C26H37N3O5S. The highest BCUT2D eigenvalue weighted by molar-refractivity contribution is 7.92. The lowest BCUT2D eigenvalue weighted by Crippen LogP contribution is -2.51. The van der Waals surface area contributed by atoms with Crippen molar-refractivity contribution >= 4 is 27.5 Å². The number of anilines is 1. The Hall–Kier alpha value is -3.07. The minimum absolute atomic E-state index is 0.183. The number of benzene rings is 2. The van der Waals surface area contributed by atoms with Crippen LogP contribution in [0.4, 0.5) is 5.69 Å². The van der Waals surface area contributed by atoms with Gasteiger partial charge in [0.25, 0.3) is 0 Å². The number of rotatable bonds is 13. The predicted molar refractivity (Wildman–Crippen MR) is 139 cm³/mol. The Balaban J connectivity index is 2.32. The average Bonchev–Trinajstić information content (AvgIpc) is 2.82. The van der Waals surface area contributed by atoms with Crippen molar-refractivity contribution < 1.29 is 22.7 Å². The molecule has 0 aromatic heterocycles. The smallest absolute Gasteiger partial charge is 0.244 e. The molecule has 0 heterocycles. The lowest BCUT2D eigenvalue weighted by Gasteiger charge is -2.31. The molecule has 0 saturated carbocycles. The third-order valence-electron chi connectivity index (χ3n) is 5.59. The Bertz CT molecular complexity index is 1070. The van der Waals surface area contributed by atoms with Gasteiger partial charge in [0.15, 0.2) is 0 Å². The molecule has 0 fully saturated rings. The summed E-state index contributed by atoms with van der Waals surface area (Å²) >= 11 is 0. The highest BCUT2D eigenvalue weighted by Crippen LogP contribution is 2.22. The van der Waals surface area contributed by atoms with Gasteiger partial charge in [-0.3, -0.25) is 13.9 Å². The molecule has 2 amide bonds. The van der Waals surface area contributed by atoms with E-state index in [1.54, 1.807) is 31.2 Å². The Morgan fingerprint density at radius 2 is 1.66 bits per heavy atom. The summed E-state index contributed by atoms with van der Waals surface area (Å²) in [7, 11) is -3.77. The van der Waals surface area contributed by atoms with Crippen LogP contribution in [0.1, 0.15) is 44.7 Å². The molecule has 192 valence electrons. The summed E-state index contributed by atoms with van der Waals surface area (Å²) in [4.78, 5) is 27.7. The van der Waals surface area contributed by atoms with Crippen LogP contribution in [-0.4, -0.2) is 57.1 Å². The van der Waals surface area contributed by atoms with Crippen molar-refractivity contribution in [2.75, 3.05) is 30.3 Å². The molecule has 0 radical (unpaired) electrons. The number of ether oxygens (including phenoxy) is 1. The van der Waals surface area contributed by atoms with Gasteiger partial charge in [-0.1, -0.05) is 43.2 Å². The van der Waals surface area contributed by atoms with Gasteiger partial charge in [-0.2, -0.15) is 0 Å². The third kappa shape index (κ3) is 8.58. The second-order valence-electron chi connectivity index (χ2n) is 8.52. The molecule has 1 atom stereocenters. The number of nitrogens with zero attached hydrogens (tertiary/aromatic N) is 2. The van der Waals surface area contributed by atoms with Crippen molar-refractivity contribution in [3.8, 4) is 5.75 Å². The van der Waals surface area contributed by atoms with Crippen molar-refractivity contribution in [2.45, 2.75) is 53.1 Å².